The molecule has 0 aromatic rings. The highest BCUT2D eigenvalue weighted by molar-refractivity contribution is 4.92. The van der Waals surface area contributed by atoms with Gasteiger partial charge in [-0.25, -0.2) is 0 Å². The normalized spacial score (nSPS) is 13.1. The lowest BCUT2D eigenvalue weighted by molar-refractivity contribution is -0.690. The third kappa shape index (κ3) is 9.62. The van der Waals surface area contributed by atoms with E-state index in [-0.39, 0.29) is 0 Å². The maximum Gasteiger partial charge on any atom is 0.0833 e. The second-order valence-electron chi connectivity index (χ2n) is 4.70. The first-order chi connectivity index (χ1) is 6.02. The lowest BCUT2D eigenvalue weighted by Crippen LogP contribution is -2.90. The number of hydrogen-bond acceptors (Lipinski definition) is 0. The van der Waals surface area contributed by atoms with Gasteiger partial charge in [-0.05, 0) is 27.2 Å². The van der Waals surface area contributed by atoms with Crippen molar-refractivity contribution >= 4 is 0 Å². The fraction of sp³-hybridized carbons (Fsp3) is 0.833. The van der Waals surface area contributed by atoms with Crippen LogP contribution in [0, 0.1) is 5.92 Å². The van der Waals surface area contributed by atoms with Crippen molar-refractivity contribution in [2.45, 2.75) is 53.5 Å². The van der Waals surface area contributed by atoms with Gasteiger partial charge < -0.3 is 5.32 Å². The average Bonchev–Trinajstić information content (AvgIpc) is 2.00. The second kappa shape index (κ2) is 7.14. The molecule has 0 aliphatic carbocycles. The monoisotopic (exact) mass is 184 g/mol. The first-order valence-electron chi connectivity index (χ1n) is 5.49. The molecule has 0 aromatic carbocycles. The molecule has 1 atom stereocenters. The third-order valence-corrected chi connectivity index (χ3v) is 2.18. The molecule has 0 saturated carbocycles. The van der Waals surface area contributed by atoms with Gasteiger partial charge in [0.15, 0.2) is 0 Å². The van der Waals surface area contributed by atoms with E-state index in [2.05, 4.69) is 46.0 Å². The highest BCUT2D eigenvalue weighted by Gasteiger charge is 2.04. The maximum absolute atomic E-state index is 2.46. The molecule has 13 heavy (non-hydrogen) atoms. The number of nitrogens with two attached hydrogens (primary N) is 1. The van der Waals surface area contributed by atoms with Crippen LogP contribution in [0.2, 0.25) is 0 Å². The maximum atomic E-state index is 2.46. The van der Waals surface area contributed by atoms with E-state index in [9.17, 15) is 0 Å². The predicted molar refractivity (Wildman–Crippen MR) is 59.8 cm³/mol. The Kier molecular flexibility index (Phi) is 6.97. The molecular formula is C12H26N+. The second-order valence-corrected chi connectivity index (χ2v) is 4.70. The molecule has 0 amide bonds. The van der Waals surface area contributed by atoms with Crippen molar-refractivity contribution in [1.29, 1.82) is 0 Å². The molecule has 0 aliphatic rings. The number of rotatable bonds is 6. The van der Waals surface area contributed by atoms with E-state index in [0.717, 1.165) is 12.0 Å². The van der Waals surface area contributed by atoms with Gasteiger partial charge >= 0.3 is 0 Å². The van der Waals surface area contributed by atoms with Gasteiger partial charge in [-0.15, -0.1) is 0 Å². The molecule has 1 heteroatoms. The zero-order valence-electron chi connectivity index (χ0n) is 9.93. The van der Waals surface area contributed by atoms with Crippen LogP contribution in [0.4, 0.5) is 0 Å². The fourth-order valence-electron chi connectivity index (χ4n) is 1.26. The quantitative estimate of drug-likeness (QED) is 0.610. The van der Waals surface area contributed by atoms with Crippen molar-refractivity contribution in [2.75, 3.05) is 6.54 Å². The molecule has 0 rings (SSSR count). The Morgan fingerprint density at radius 1 is 1.23 bits per heavy atom. The van der Waals surface area contributed by atoms with Crippen molar-refractivity contribution < 1.29 is 5.32 Å². The molecule has 2 N–H and O–H groups in total. The number of quaternary nitrogens is 1. The lowest BCUT2D eigenvalue weighted by Gasteiger charge is -2.11. The molecule has 0 aromatic heterocycles. The van der Waals surface area contributed by atoms with Crippen molar-refractivity contribution in [3.8, 4) is 0 Å². The van der Waals surface area contributed by atoms with E-state index in [1.807, 2.05) is 0 Å². The summed E-state index contributed by atoms with van der Waals surface area (Å²) >= 11 is 0. The van der Waals surface area contributed by atoms with Crippen LogP contribution < -0.4 is 5.32 Å². The van der Waals surface area contributed by atoms with Gasteiger partial charge in [0, 0.05) is 12.3 Å². The Hall–Kier alpha value is -0.300. The van der Waals surface area contributed by atoms with Gasteiger partial charge in [0.05, 0.1) is 12.6 Å². The van der Waals surface area contributed by atoms with E-state index in [1.54, 1.807) is 0 Å². The van der Waals surface area contributed by atoms with E-state index < -0.39 is 0 Å². The molecular weight excluding hydrogens is 158 g/mol. The summed E-state index contributed by atoms with van der Waals surface area (Å²) in [6, 6.07) is 0.776. The zero-order chi connectivity index (χ0) is 10.3. The van der Waals surface area contributed by atoms with Gasteiger partial charge in [-0.2, -0.15) is 0 Å². The Bertz CT molecular complexity index is 143. The van der Waals surface area contributed by atoms with Gasteiger partial charge in [0.25, 0.3) is 0 Å². The summed E-state index contributed by atoms with van der Waals surface area (Å²) in [7, 11) is 0. The molecule has 0 aliphatic heterocycles. The van der Waals surface area contributed by atoms with Crippen LogP contribution in [0.3, 0.4) is 0 Å². The highest BCUT2D eigenvalue weighted by atomic mass is 14.9. The smallest absolute Gasteiger partial charge is 0.0833 e. The Balaban J connectivity index is 3.40. The van der Waals surface area contributed by atoms with Gasteiger partial charge in [0.2, 0.25) is 0 Å². The van der Waals surface area contributed by atoms with Crippen LogP contribution in [0.1, 0.15) is 47.5 Å². The molecule has 0 heterocycles. The molecule has 1 nitrogen and oxygen atoms in total. The summed E-state index contributed by atoms with van der Waals surface area (Å²) in [6.45, 7) is 12.5. The summed E-state index contributed by atoms with van der Waals surface area (Å²) in [5, 5.41) is 2.46. The van der Waals surface area contributed by atoms with E-state index in [1.165, 1.54) is 25.0 Å². The Labute approximate surface area is 83.6 Å². The first-order valence-corrected chi connectivity index (χ1v) is 5.49. The topological polar surface area (TPSA) is 16.6 Å². The van der Waals surface area contributed by atoms with Crippen LogP contribution in [0.5, 0.6) is 0 Å². The average molecular weight is 184 g/mol. The molecule has 0 unspecified atom stereocenters. The SMILES string of the molecule is CC(C)=CCC[C@@H](C)[NH2+]CC(C)C. The van der Waals surface area contributed by atoms with Gasteiger partial charge in [0.1, 0.15) is 0 Å². The van der Waals surface area contributed by atoms with Gasteiger partial charge in [-0.1, -0.05) is 25.5 Å². The zero-order valence-corrected chi connectivity index (χ0v) is 9.93. The van der Waals surface area contributed by atoms with Crippen LogP contribution in [0.15, 0.2) is 11.6 Å². The van der Waals surface area contributed by atoms with E-state index in [0.29, 0.717) is 0 Å². The van der Waals surface area contributed by atoms with E-state index in [4.69, 9.17) is 0 Å². The van der Waals surface area contributed by atoms with Crippen LogP contribution in [-0.4, -0.2) is 12.6 Å². The molecule has 78 valence electrons. The van der Waals surface area contributed by atoms with Crippen LogP contribution in [-0.2, 0) is 0 Å². The van der Waals surface area contributed by atoms with Crippen molar-refractivity contribution in [1.82, 2.24) is 0 Å². The van der Waals surface area contributed by atoms with Crippen LogP contribution in [0.25, 0.3) is 0 Å². The summed E-state index contributed by atoms with van der Waals surface area (Å²) in [5.74, 6) is 0.811. The highest BCUT2D eigenvalue weighted by Crippen LogP contribution is 1.98. The first kappa shape index (κ1) is 12.7. The minimum atomic E-state index is 0.776. The summed E-state index contributed by atoms with van der Waals surface area (Å²) in [4.78, 5) is 0. The van der Waals surface area contributed by atoms with Crippen molar-refractivity contribution in [2.24, 2.45) is 5.92 Å². The van der Waals surface area contributed by atoms with Crippen molar-refractivity contribution in [3.05, 3.63) is 11.6 Å². The van der Waals surface area contributed by atoms with E-state index >= 15 is 0 Å². The Morgan fingerprint density at radius 3 is 2.31 bits per heavy atom. The molecule has 0 bridgehead atoms. The summed E-state index contributed by atoms with van der Waals surface area (Å²) < 4.78 is 0. The number of allylic oxidation sites excluding steroid dienone is 2. The lowest BCUT2D eigenvalue weighted by atomic mass is 10.1. The fourth-order valence-corrected chi connectivity index (χ4v) is 1.26. The molecule has 0 radical (unpaired) electrons. The van der Waals surface area contributed by atoms with Crippen molar-refractivity contribution in [3.63, 3.8) is 0 Å². The molecule has 0 fully saturated rings. The van der Waals surface area contributed by atoms with Crippen LogP contribution >= 0.6 is 0 Å². The minimum absolute atomic E-state index is 0.776. The standard InChI is InChI=1S/C12H25N/c1-10(2)7-6-8-12(5)13-9-11(3)4/h7,11-13H,6,8-9H2,1-5H3/p+1/t12-/m1/s1. The largest absolute Gasteiger partial charge is 0.344 e. The molecule has 0 spiro atoms. The minimum Gasteiger partial charge on any atom is -0.344 e. The summed E-state index contributed by atoms with van der Waals surface area (Å²) in [6.07, 6.45) is 4.87. The summed E-state index contributed by atoms with van der Waals surface area (Å²) in [5.41, 5.74) is 1.44. The Morgan fingerprint density at radius 2 is 1.85 bits per heavy atom. The third-order valence-electron chi connectivity index (χ3n) is 2.18. The van der Waals surface area contributed by atoms with Gasteiger partial charge in [-0.3, -0.25) is 0 Å². The number of hydrogen-bond donors (Lipinski definition) is 1. The predicted octanol–water partition coefficient (Wildman–Crippen LogP) is 2.34. The molecule has 0 saturated heterocycles.